The Labute approximate surface area is 84.7 Å². The van der Waals surface area contributed by atoms with E-state index in [1.165, 1.54) is 12.8 Å². The summed E-state index contributed by atoms with van der Waals surface area (Å²) in [4.78, 5) is 5.67. The van der Waals surface area contributed by atoms with Gasteiger partial charge in [0, 0.05) is 13.1 Å². The minimum absolute atomic E-state index is 0.0334. The summed E-state index contributed by atoms with van der Waals surface area (Å²) >= 11 is 0. The lowest BCUT2D eigenvalue weighted by Crippen LogP contribution is -2.31. The molecule has 80 valence electrons. The highest BCUT2D eigenvalue weighted by atomic mass is 15.3. The Morgan fingerprint density at radius 2 is 2.29 bits per heavy atom. The Bertz CT molecular complexity index is 231. The molecule has 0 spiro atoms. The van der Waals surface area contributed by atoms with E-state index in [0.717, 1.165) is 19.5 Å². The van der Waals surface area contributed by atoms with E-state index in [0.29, 0.717) is 5.92 Å². The minimum atomic E-state index is -0.0334. The first-order valence-corrected chi connectivity index (χ1v) is 5.06. The summed E-state index contributed by atoms with van der Waals surface area (Å²) in [6, 6.07) is 0. The highest BCUT2D eigenvalue weighted by Gasteiger charge is 2.23. The lowest BCUT2D eigenvalue weighted by atomic mass is 10.0. The molecule has 1 aliphatic rings. The molecule has 0 radical (unpaired) electrons. The summed E-state index contributed by atoms with van der Waals surface area (Å²) < 4.78 is 0. The molecule has 1 unspecified atom stereocenters. The van der Waals surface area contributed by atoms with Crippen molar-refractivity contribution in [1.29, 1.82) is 5.41 Å². The van der Waals surface area contributed by atoms with Crippen molar-refractivity contribution < 1.29 is 0 Å². The molecule has 1 fully saturated rings. The molecule has 5 nitrogen and oxygen atoms in total. The van der Waals surface area contributed by atoms with Crippen molar-refractivity contribution in [2.75, 3.05) is 13.1 Å². The molecule has 0 aromatic carbocycles. The van der Waals surface area contributed by atoms with Crippen LogP contribution in [-0.4, -0.2) is 29.9 Å². The number of guanidine groups is 2. The Hall–Kier alpha value is -1.26. The molecule has 0 aromatic heterocycles. The topological polar surface area (TPSA) is 91.5 Å². The lowest BCUT2D eigenvalue weighted by Gasteiger charge is -2.15. The fourth-order valence-corrected chi connectivity index (χ4v) is 1.86. The number of aliphatic imine (C=N–C) groups is 1. The van der Waals surface area contributed by atoms with Crippen LogP contribution in [0.4, 0.5) is 0 Å². The first-order valence-electron chi connectivity index (χ1n) is 5.06. The van der Waals surface area contributed by atoms with E-state index in [2.05, 4.69) is 11.9 Å². The first kappa shape index (κ1) is 10.8. The zero-order valence-electron chi connectivity index (χ0n) is 8.66. The molecular formula is C9H19N5. The number of hydrogen-bond donors (Lipinski definition) is 3. The monoisotopic (exact) mass is 197 g/mol. The molecular weight excluding hydrogens is 178 g/mol. The lowest BCUT2D eigenvalue weighted by molar-refractivity contribution is 0.453. The highest BCUT2D eigenvalue weighted by Crippen LogP contribution is 2.20. The van der Waals surface area contributed by atoms with Gasteiger partial charge >= 0.3 is 0 Å². The average Bonchev–Trinajstić information content (AvgIpc) is 2.52. The Balaban J connectivity index is 2.42. The summed E-state index contributed by atoms with van der Waals surface area (Å²) in [7, 11) is 0. The predicted molar refractivity (Wildman–Crippen MR) is 58.1 cm³/mol. The third-order valence-corrected chi connectivity index (χ3v) is 2.52. The van der Waals surface area contributed by atoms with Gasteiger partial charge in [0.05, 0.1) is 0 Å². The van der Waals surface area contributed by atoms with Crippen molar-refractivity contribution in [3.05, 3.63) is 0 Å². The summed E-state index contributed by atoms with van der Waals surface area (Å²) in [5.41, 5.74) is 10.4. The van der Waals surface area contributed by atoms with Crippen LogP contribution in [0.3, 0.4) is 0 Å². The van der Waals surface area contributed by atoms with Crippen molar-refractivity contribution in [1.82, 2.24) is 4.90 Å². The van der Waals surface area contributed by atoms with Crippen LogP contribution < -0.4 is 11.5 Å². The summed E-state index contributed by atoms with van der Waals surface area (Å²) in [6.07, 6.45) is 3.58. The van der Waals surface area contributed by atoms with Gasteiger partial charge in [-0.05, 0) is 18.8 Å². The van der Waals surface area contributed by atoms with E-state index in [-0.39, 0.29) is 11.9 Å². The fourth-order valence-electron chi connectivity index (χ4n) is 1.86. The molecule has 0 aliphatic carbocycles. The van der Waals surface area contributed by atoms with Crippen molar-refractivity contribution in [2.24, 2.45) is 22.4 Å². The molecule has 0 bridgehead atoms. The molecule has 0 saturated carbocycles. The van der Waals surface area contributed by atoms with Crippen LogP contribution in [0.5, 0.6) is 0 Å². The Morgan fingerprint density at radius 1 is 1.57 bits per heavy atom. The van der Waals surface area contributed by atoms with Gasteiger partial charge < -0.3 is 16.4 Å². The van der Waals surface area contributed by atoms with Gasteiger partial charge in [-0.15, -0.1) is 0 Å². The molecule has 1 aliphatic heterocycles. The third kappa shape index (κ3) is 2.90. The number of nitrogens with two attached hydrogens (primary N) is 2. The van der Waals surface area contributed by atoms with Crippen molar-refractivity contribution in [3.8, 4) is 0 Å². The van der Waals surface area contributed by atoms with Gasteiger partial charge in [0.1, 0.15) is 0 Å². The third-order valence-electron chi connectivity index (χ3n) is 2.52. The first-order chi connectivity index (χ1) is 6.63. The van der Waals surface area contributed by atoms with Gasteiger partial charge in [-0.3, -0.25) is 5.41 Å². The average molecular weight is 197 g/mol. The van der Waals surface area contributed by atoms with E-state index in [9.17, 15) is 0 Å². The molecule has 5 heteroatoms. The van der Waals surface area contributed by atoms with E-state index < -0.39 is 0 Å². The molecule has 1 heterocycles. The maximum absolute atomic E-state index is 7.62. The van der Waals surface area contributed by atoms with E-state index >= 15 is 0 Å². The van der Waals surface area contributed by atoms with E-state index in [1.54, 1.807) is 0 Å². The molecule has 0 amide bonds. The highest BCUT2D eigenvalue weighted by molar-refractivity contribution is 5.91. The number of rotatable bonds is 2. The van der Waals surface area contributed by atoms with Crippen LogP contribution in [0.2, 0.25) is 0 Å². The van der Waals surface area contributed by atoms with Gasteiger partial charge in [0.25, 0.3) is 0 Å². The number of likely N-dealkylation sites (tertiary alicyclic amines) is 1. The smallest absolute Gasteiger partial charge is 0.221 e. The van der Waals surface area contributed by atoms with Gasteiger partial charge in [0.2, 0.25) is 5.96 Å². The summed E-state index contributed by atoms with van der Waals surface area (Å²) in [5, 5.41) is 7.62. The Kier molecular flexibility index (Phi) is 3.73. The molecule has 1 atom stereocenters. The van der Waals surface area contributed by atoms with Gasteiger partial charge in [-0.1, -0.05) is 13.3 Å². The van der Waals surface area contributed by atoms with Gasteiger partial charge in [-0.25, -0.2) is 0 Å². The molecule has 14 heavy (non-hydrogen) atoms. The van der Waals surface area contributed by atoms with Gasteiger partial charge in [0.15, 0.2) is 5.96 Å². The molecule has 5 N–H and O–H groups in total. The maximum Gasteiger partial charge on any atom is 0.221 e. The standard InChI is InChI=1S/C9H19N5/c1-2-3-7-4-5-14(6-7)9(12)13-8(10)11/h7H,2-6H2,1H3,(H5,10,11,12,13). The largest absolute Gasteiger partial charge is 0.370 e. The van der Waals surface area contributed by atoms with Crippen molar-refractivity contribution in [2.45, 2.75) is 26.2 Å². The minimum Gasteiger partial charge on any atom is -0.370 e. The van der Waals surface area contributed by atoms with Crippen LogP contribution in [0.1, 0.15) is 26.2 Å². The second kappa shape index (κ2) is 4.83. The number of nitrogens with zero attached hydrogens (tertiary/aromatic N) is 2. The van der Waals surface area contributed by atoms with Crippen LogP contribution in [0, 0.1) is 11.3 Å². The second-order valence-electron chi connectivity index (χ2n) is 3.75. The Morgan fingerprint density at radius 3 is 2.86 bits per heavy atom. The van der Waals surface area contributed by atoms with E-state index in [1.807, 2.05) is 4.90 Å². The predicted octanol–water partition coefficient (Wildman–Crippen LogP) is 0.317. The van der Waals surface area contributed by atoms with Crippen LogP contribution in [0.15, 0.2) is 4.99 Å². The quantitative estimate of drug-likeness (QED) is 0.439. The normalized spacial score (nSPS) is 20.9. The maximum atomic E-state index is 7.62. The van der Waals surface area contributed by atoms with Crippen LogP contribution >= 0.6 is 0 Å². The van der Waals surface area contributed by atoms with Crippen LogP contribution in [0.25, 0.3) is 0 Å². The second-order valence-corrected chi connectivity index (χ2v) is 3.75. The number of nitrogens with one attached hydrogen (secondary N) is 1. The van der Waals surface area contributed by atoms with Crippen LogP contribution in [-0.2, 0) is 0 Å². The number of hydrogen-bond acceptors (Lipinski definition) is 1. The zero-order valence-corrected chi connectivity index (χ0v) is 8.66. The van der Waals surface area contributed by atoms with Crippen molar-refractivity contribution in [3.63, 3.8) is 0 Å². The molecule has 1 rings (SSSR count). The van der Waals surface area contributed by atoms with Crippen molar-refractivity contribution >= 4 is 11.9 Å². The summed E-state index contributed by atoms with van der Waals surface area (Å²) in [6.45, 7) is 4.01. The zero-order chi connectivity index (χ0) is 10.6. The van der Waals surface area contributed by atoms with E-state index in [4.69, 9.17) is 16.9 Å². The van der Waals surface area contributed by atoms with Gasteiger partial charge in [-0.2, -0.15) is 4.99 Å². The molecule has 1 saturated heterocycles. The SMILES string of the molecule is CCCC1CCN(C(=N)N=C(N)N)C1. The summed E-state index contributed by atoms with van der Waals surface area (Å²) in [5.74, 6) is 0.868. The fraction of sp³-hybridized carbons (Fsp3) is 0.778. The molecule has 0 aromatic rings.